The molecular weight excluding hydrogens is 400 g/mol. The Morgan fingerprint density at radius 1 is 1.03 bits per heavy atom. The number of nitrogens with zero attached hydrogens (tertiary/aromatic N) is 1. The number of nitrogens with one attached hydrogen (secondary N) is 3. The number of amides is 2. The molecule has 4 rings (SSSR count). The molecule has 0 radical (unpaired) electrons. The van der Waals surface area contributed by atoms with E-state index in [4.69, 9.17) is 0 Å². The van der Waals surface area contributed by atoms with Gasteiger partial charge in [0.25, 0.3) is 11.8 Å². The zero-order valence-corrected chi connectivity index (χ0v) is 17.8. The maximum absolute atomic E-state index is 12.9. The van der Waals surface area contributed by atoms with E-state index in [1.807, 2.05) is 49.5 Å². The molecule has 32 heavy (non-hydrogen) atoms. The Bertz CT molecular complexity index is 1260. The number of aryl methyl sites for hydroxylation is 1. The van der Waals surface area contributed by atoms with E-state index in [2.05, 4.69) is 26.7 Å². The third-order valence-corrected chi connectivity index (χ3v) is 5.16. The van der Waals surface area contributed by atoms with E-state index in [1.54, 1.807) is 36.7 Å². The first kappa shape index (κ1) is 21.1. The Balaban J connectivity index is 1.47. The average Bonchev–Trinajstić information content (AvgIpc) is 3.23. The van der Waals surface area contributed by atoms with Gasteiger partial charge in [0.2, 0.25) is 0 Å². The van der Waals surface area contributed by atoms with Gasteiger partial charge in [0.1, 0.15) is 5.70 Å². The highest BCUT2D eigenvalue weighted by Crippen LogP contribution is 2.17. The molecule has 0 spiro atoms. The molecule has 3 N–H and O–H groups in total. The Hall–Kier alpha value is -4.19. The summed E-state index contributed by atoms with van der Waals surface area (Å²) >= 11 is 0. The van der Waals surface area contributed by atoms with Crippen molar-refractivity contribution in [3.8, 4) is 0 Å². The molecule has 0 aliphatic heterocycles. The number of hydrogen-bond acceptors (Lipinski definition) is 3. The molecule has 6 heteroatoms. The lowest BCUT2D eigenvalue weighted by molar-refractivity contribution is -0.117. The zero-order chi connectivity index (χ0) is 22.3. The molecule has 0 fully saturated rings. The van der Waals surface area contributed by atoms with E-state index in [0.717, 1.165) is 27.6 Å². The molecule has 6 nitrogen and oxygen atoms in total. The van der Waals surface area contributed by atoms with Crippen LogP contribution < -0.4 is 10.6 Å². The number of benzene rings is 2. The molecule has 0 saturated carbocycles. The SMILES string of the molecule is Cc1ccc(C(=O)N/C(=C/c2cccnc2)C(=O)NCCc2c[nH]c3ccccc23)cc1. The van der Waals surface area contributed by atoms with Crippen molar-refractivity contribution in [1.82, 2.24) is 20.6 Å². The van der Waals surface area contributed by atoms with E-state index >= 15 is 0 Å². The van der Waals surface area contributed by atoms with Gasteiger partial charge >= 0.3 is 0 Å². The van der Waals surface area contributed by atoms with Crippen LogP contribution in [0.4, 0.5) is 0 Å². The Kier molecular flexibility index (Phi) is 6.41. The van der Waals surface area contributed by atoms with Gasteiger partial charge in [-0.25, -0.2) is 0 Å². The monoisotopic (exact) mass is 424 g/mol. The van der Waals surface area contributed by atoms with Gasteiger partial charge < -0.3 is 15.6 Å². The summed E-state index contributed by atoms with van der Waals surface area (Å²) < 4.78 is 0. The third-order valence-electron chi connectivity index (χ3n) is 5.16. The summed E-state index contributed by atoms with van der Waals surface area (Å²) in [6, 6.07) is 18.9. The molecule has 0 saturated heterocycles. The summed E-state index contributed by atoms with van der Waals surface area (Å²) in [7, 11) is 0. The van der Waals surface area contributed by atoms with Crippen LogP contribution in [0, 0.1) is 6.92 Å². The number of hydrogen-bond donors (Lipinski definition) is 3. The van der Waals surface area contributed by atoms with Crippen LogP contribution in [-0.4, -0.2) is 28.3 Å². The molecule has 0 aliphatic carbocycles. The molecule has 0 bridgehead atoms. The van der Waals surface area contributed by atoms with Crippen LogP contribution in [0.1, 0.15) is 27.0 Å². The topological polar surface area (TPSA) is 86.9 Å². The maximum atomic E-state index is 12.9. The second kappa shape index (κ2) is 9.75. The minimum Gasteiger partial charge on any atom is -0.361 e. The number of carbonyl (C=O) groups is 2. The van der Waals surface area contributed by atoms with Crippen molar-refractivity contribution < 1.29 is 9.59 Å². The minimum absolute atomic E-state index is 0.169. The van der Waals surface area contributed by atoms with Crippen LogP contribution >= 0.6 is 0 Å². The second-order valence-electron chi connectivity index (χ2n) is 7.53. The van der Waals surface area contributed by atoms with Gasteiger partial charge in [-0.05, 0) is 54.8 Å². The van der Waals surface area contributed by atoms with Gasteiger partial charge in [-0.2, -0.15) is 0 Å². The molecule has 0 aliphatic rings. The summed E-state index contributed by atoms with van der Waals surface area (Å²) in [5.74, 6) is -0.693. The number of aromatic amines is 1. The standard InChI is InChI=1S/C26H24N4O2/c1-18-8-10-20(11-9-18)25(31)30-24(15-19-5-4-13-27-16-19)26(32)28-14-12-21-17-29-23-7-3-2-6-22(21)23/h2-11,13,15-17,29H,12,14H2,1H3,(H,28,32)(H,30,31)/b24-15+. The van der Waals surface area contributed by atoms with Gasteiger partial charge in [-0.15, -0.1) is 0 Å². The van der Waals surface area contributed by atoms with Crippen molar-refractivity contribution >= 4 is 28.8 Å². The van der Waals surface area contributed by atoms with E-state index in [9.17, 15) is 9.59 Å². The number of pyridine rings is 1. The molecule has 2 amide bonds. The highest BCUT2D eigenvalue weighted by atomic mass is 16.2. The highest BCUT2D eigenvalue weighted by molar-refractivity contribution is 6.05. The van der Waals surface area contributed by atoms with Crippen molar-refractivity contribution in [2.75, 3.05) is 6.54 Å². The zero-order valence-electron chi connectivity index (χ0n) is 17.8. The van der Waals surface area contributed by atoms with Gasteiger partial charge in [0, 0.05) is 41.6 Å². The van der Waals surface area contributed by atoms with Crippen molar-refractivity contribution in [2.45, 2.75) is 13.3 Å². The fourth-order valence-corrected chi connectivity index (χ4v) is 3.43. The van der Waals surface area contributed by atoms with Crippen LogP contribution in [0.3, 0.4) is 0 Å². The first-order valence-corrected chi connectivity index (χ1v) is 10.4. The van der Waals surface area contributed by atoms with Gasteiger partial charge in [0.15, 0.2) is 0 Å². The molecule has 0 atom stereocenters. The number of rotatable bonds is 7. The van der Waals surface area contributed by atoms with E-state index in [1.165, 1.54) is 0 Å². The first-order chi connectivity index (χ1) is 15.6. The van der Waals surface area contributed by atoms with E-state index in [0.29, 0.717) is 18.5 Å². The summed E-state index contributed by atoms with van der Waals surface area (Å²) in [6.45, 7) is 2.39. The Morgan fingerprint density at radius 3 is 2.62 bits per heavy atom. The summed E-state index contributed by atoms with van der Waals surface area (Å²) in [6.07, 6.45) is 7.55. The molecule has 2 heterocycles. The van der Waals surface area contributed by atoms with Crippen LogP contribution in [0.25, 0.3) is 17.0 Å². The molecule has 160 valence electrons. The molecular formula is C26H24N4O2. The smallest absolute Gasteiger partial charge is 0.267 e. The quantitative estimate of drug-likeness (QED) is 0.392. The largest absolute Gasteiger partial charge is 0.361 e. The van der Waals surface area contributed by atoms with Gasteiger partial charge in [-0.1, -0.05) is 42.0 Å². The predicted octanol–water partition coefficient (Wildman–Crippen LogP) is 4.00. The summed E-state index contributed by atoms with van der Waals surface area (Å²) in [4.78, 5) is 33.0. The third kappa shape index (κ3) is 5.10. The lowest BCUT2D eigenvalue weighted by atomic mass is 10.1. The normalized spacial score (nSPS) is 11.3. The van der Waals surface area contributed by atoms with Crippen LogP contribution in [0.15, 0.2) is 85.0 Å². The van der Waals surface area contributed by atoms with Crippen molar-refractivity contribution in [3.63, 3.8) is 0 Å². The van der Waals surface area contributed by atoms with E-state index < -0.39 is 0 Å². The predicted molar refractivity (Wildman–Crippen MR) is 126 cm³/mol. The lowest BCUT2D eigenvalue weighted by Gasteiger charge is -2.11. The number of fused-ring (bicyclic) bond motifs is 1. The fourth-order valence-electron chi connectivity index (χ4n) is 3.43. The Labute approximate surface area is 186 Å². The second-order valence-corrected chi connectivity index (χ2v) is 7.53. The maximum Gasteiger partial charge on any atom is 0.267 e. The lowest BCUT2D eigenvalue weighted by Crippen LogP contribution is -2.35. The minimum atomic E-state index is -0.353. The average molecular weight is 425 g/mol. The van der Waals surface area contributed by atoms with Crippen molar-refractivity contribution in [1.29, 1.82) is 0 Å². The molecule has 2 aromatic heterocycles. The van der Waals surface area contributed by atoms with Crippen molar-refractivity contribution in [2.24, 2.45) is 0 Å². The van der Waals surface area contributed by atoms with Crippen LogP contribution in [0.5, 0.6) is 0 Å². The fraction of sp³-hybridized carbons (Fsp3) is 0.115. The van der Waals surface area contributed by atoms with Crippen LogP contribution in [-0.2, 0) is 11.2 Å². The summed E-state index contributed by atoms with van der Waals surface area (Å²) in [5.41, 5.74) is 4.63. The number of H-pyrrole nitrogens is 1. The molecule has 4 aromatic rings. The summed E-state index contributed by atoms with van der Waals surface area (Å²) in [5, 5.41) is 6.81. The van der Waals surface area contributed by atoms with Gasteiger partial charge in [0.05, 0.1) is 0 Å². The van der Waals surface area contributed by atoms with Crippen LogP contribution in [0.2, 0.25) is 0 Å². The van der Waals surface area contributed by atoms with Gasteiger partial charge in [-0.3, -0.25) is 14.6 Å². The number of carbonyl (C=O) groups excluding carboxylic acids is 2. The van der Waals surface area contributed by atoms with E-state index in [-0.39, 0.29) is 17.5 Å². The number of para-hydroxylation sites is 1. The van der Waals surface area contributed by atoms with Crippen molar-refractivity contribution in [3.05, 3.63) is 107 Å². The number of aromatic nitrogens is 2. The Morgan fingerprint density at radius 2 is 1.84 bits per heavy atom. The first-order valence-electron chi connectivity index (χ1n) is 10.4. The highest BCUT2D eigenvalue weighted by Gasteiger charge is 2.15. The molecule has 0 unspecified atom stereocenters. The molecule has 2 aromatic carbocycles.